The van der Waals surface area contributed by atoms with Gasteiger partial charge in [-0.25, -0.2) is 8.78 Å². The van der Waals surface area contributed by atoms with E-state index in [1.807, 2.05) is 25.5 Å². The van der Waals surface area contributed by atoms with Crippen LogP contribution in [0.1, 0.15) is 35.8 Å². The van der Waals surface area contributed by atoms with Crippen LogP contribution in [0, 0.1) is 11.6 Å². The van der Waals surface area contributed by atoms with Crippen LogP contribution in [0.5, 0.6) is 0 Å². The van der Waals surface area contributed by atoms with Gasteiger partial charge in [-0.15, -0.1) is 0 Å². The fourth-order valence-corrected chi connectivity index (χ4v) is 3.40. The Labute approximate surface area is 145 Å². The maximum Gasteiger partial charge on any atom is 0.152 e. The lowest BCUT2D eigenvalue weighted by Gasteiger charge is -2.11. The Kier molecular flexibility index (Phi) is 4.53. The maximum atomic E-state index is 13.3. The second-order valence-corrected chi connectivity index (χ2v) is 6.37. The molecule has 0 spiro atoms. The molecular weight excluding hydrogens is 320 g/mol. The SMILES string of the molecule is CC(C)c1c(C=O)c(-c2ccc(F)cc2)c(-c2ccc(F)cc2)n1C. The molecule has 0 aliphatic heterocycles. The van der Waals surface area contributed by atoms with Gasteiger partial charge in [0.2, 0.25) is 0 Å². The maximum absolute atomic E-state index is 13.3. The van der Waals surface area contributed by atoms with Gasteiger partial charge in [-0.3, -0.25) is 4.79 Å². The number of rotatable bonds is 4. The molecule has 2 aromatic carbocycles. The monoisotopic (exact) mass is 339 g/mol. The Morgan fingerprint density at radius 2 is 1.36 bits per heavy atom. The largest absolute Gasteiger partial charge is 0.346 e. The van der Waals surface area contributed by atoms with Crippen LogP contribution in [0.25, 0.3) is 22.4 Å². The summed E-state index contributed by atoms with van der Waals surface area (Å²) in [7, 11) is 1.90. The summed E-state index contributed by atoms with van der Waals surface area (Å²) in [6, 6.07) is 12.2. The zero-order valence-corrected chi connectivity index (χ0v) is 14.4. The molecule has 0 N–H and O–H groups in total. The average molecular weight is 339 g/mol. The average Bonchev–Trinajstić information content (AvgIpc) is 2.89. The number of carbonyl (C=O) groups is 1. The number of nitrogens with zero attached hydrogens (tertiary/aromatic N) is 1. The van der Waals surface area contributed by atoms with E-state index < -0.39 is 0 Å². The third-order valence-electron chi connectivity index (χ3n) is 4.39. The highest BCUT2D eigenvalue weighted by atomic mass is 19.1. The van der Waals surface area contributed by atoms with Crippen LogP contribution >= 0.6 is 0 Å². The van der Waals surface area contributed by atoms with Gasteiger partial charge >= 0.3 is 0 Å². The zero-order chi connectivity index (χ0) is 18.1. The second kappa shape index (κ2) is 6.63. The number of halogens is 2. The highest BCUT2D eigenvalue weighted by Crippen LogP contribution is 2.40. The van der Waals surface area contributed by atoms with Gasteiger partial charge in [0.1, 0.15) is 11.6 Å². The van der Waals surface area contributed by atoms with Crippen molar-refractivity contribution in [3.63, 3.8) is 0 Å². The Hall–Kier alpha value is -2.75. The molecule has 0 bridgehead atoms. The van der Waals surface area contributed by atoms with E-state index >= 15 is 0 Å². The second-order valence-electron chi connectivity index (χ2n) is 6.37. The normalized spacial score (nSPS) is 11.1. The van der Waals surface area contributed by atoms with Crippen LogP contribution in [0.3, 0.4) is 0 Å². The lowest BCUT2D eigenvalue weighted by molar-refractivity contribution is 0.112. The minimum absolute atomic E-state index is 0.124. The van der Waals surface area contributed by atoms with Gasteiger partial charge in [-0.2, -0.15) is 0 Å². The van der Waals surface area contributed by atoms with E-state index in [2.05, 4.69) is 0 Å². The van der Waals surface area contributed by atoms with Gasteiger partial charge in [-0.05, 0) is 53.4 Å². The molecule has 0 aliphatic rings. The molecular formula is C21H19F2NO. The summed E-state index contributed by atoms with van der Waals surface area (Å²) in [5, 5.41) is 0. The number of hydrogen-bond donors (Lipinski definition) is 0. The van der Waals surface area contributed by atoms with Crippen molar-refractivity contribution in [1.29, 1.82) is 0 Å². The van der Waals surface area contributed by atoms with E-state index in [-0.39, 0.29) is 17.6 Å². The van der Waals surface area contributed by atoms with E-state index in [0.29, 0.717) is 5.56 Å². The van der Waals surface area contributed by atoms with Gasteiger partial charge < -0.3 is 4.57 Å². The lowest BCUT2D eigenvalue weighted by Crippen LogP contribution is -2.02. The molecule has 25 heavy (non-hydrogen) atoms. The Bertz CT molecular complexity index is 907. The fourth-order valence-electron chi connectivity index (χ4n) is 3.40. The third-order valence-corrected chi connectivity index (χ3v) is 4.39. The van der Waals surface area contributed by atoms with Crippen molar-refractivity contribution in [1.82, 2.24) is 4.57 Å². The van der Waals surface area contributed by atoms with E-state index in [1.165, 1.54) is 24.3 Å². The van der Waals surface area contributed by atoms with E-state index in [9.17, 15) is 13.6 Å². The van der Waals surface area contributed by atoms with Crippen molar-refractivity contribution >= 4 is 6.29 Å². The van der Waals surface area contributed by atoms with Gasteiger partial charge in [-0.1, -0.05) is 26.0 Å². The molecule has 0 unspecified atom stereocenters. The molecule has 0 atom stereocenters. The Morgan fingerprint density at radius 1 is 0.880 bits per heavy atom. The highest BCUT2D eigenvalue weighted by Gasteiger charge is 2.24. The summed E-state index contributed by atoms with van der Waals surface area (Å²) in [6.45, 7) is 4.04. The molecule has 0 radical (unpaired) electrons. The summed E-state index contributed by atoms with van der Waals surface area (Å²) >= 11 is 0. The summed E-state index contributed by atoms with van der Waals surface area (Å²) in [6.07, 6.45) is 0.848. The van der Waals surface area contributed by atoms with Crippen molar-refractivity contribution in [2.75, 3.05) is 0 Å². The van der Waals surface area contributed by atoms with Crippen molar-refractivity contribution in [3.8, 4) is 22.4 Å². The summed E-state index contributed by atoms with van der Waals surface area (Å²) in [5.74, 6) is -0.528. The van der Waals surface area contributed by atoms with Crippen LogP contribution in [-0.4, -0.2) is 10.9 Å². The van der Waals surface area contributed by atoms with Gasteiger partial charge in [0.15, 0.2) is 6.29 Å². The topological polar surface area (TPSA) is 22.0 Å². The van der Waals surface area contributed by atoms with Crippen LogP contribution in [-0.2, 0) is 7.05 Å². The molecule has 128 valence electrons. The van der Waals surface area contributed by atoms with E-state index in [0.717, 1.165) is 34.4 Å². The van der Waals surface area contributed by atoms with E-state index in [4.69, 9.17) is 0 Å². The number of benzene rings is 2. The van der Waals surface area contributed by atoms with Gasteiger partial charge in [0, 0.05) is 23.9 Å². The molecule has 0 amide bonds. The number of aldehydes is 1. The van der Waals surface area contributed by atoms with Crippen LogP contribution in [0.4, 0.5) is 8.78 Å². The first-order valence-corrected chi connectivity index (χ1v) is 8.13. The zero-order valence-electron chi connectivity index (χ0n) is 14.4. The molecule has 2 nitrogen and oxygen atoms in total. The highest BCUT2D eigenvalue weighted by molar-refractivity contribution is 5.97. The molecule has 0 aliphatic carbocycles. The van der Waals surface area contributed by atoms with Crippen molar-refractivity contribution in [2.24, 2.45) is 7.05 Å². The number of hydrogen-bond acceptors (Lipinski definition) is 1. The van der Waals surface area contributed by atoms with Crippen LogP contribution in [0.15, 0.2) is 48.5 Å². The molecule has 0 saturated heterocycles. The molecule has 1 heterocycles. The standard InChI is InChI=1S/C21H19F2NO/c1-13(2)20-18(12-25)19(14-4-8-16(22)9-5-14)21(24(20)3)15-6-10-17(23)11-7-15/h4-13H,1-3H3. The molecule has 3 rings (SSSR count). The van der Waals surface area contributed by atoms with Crippen LogP contribution in [0.2, 0.25) is 0 Å². The minimum Gasteiger partial charge on any atom is -0.346 e. The van der Waals surface area contributed by atoms with Gasteiger partial charge in [0.05, 0.1) is 5.69 Å². The molecule has 0 saturated carbocycles. The molecule has 0 fully saturated rings. The number of aromatic nitrogens is 1. The quantitative estimate of drug-likeness (QED) is 0.569. The lowest BCUT2D eigenvalue weighted by atomic mass is 9.95. The van der Waals surface area contributed by atoms with Crippen molar-refractivity contribution in [3.05, 3.63) is 71.4 Å². The van der Waals surface area contributed by atoms with E-state index in [1.54, 1.807) is 24.3 Å². The smallest absolute Gasteiger partial charge is 0.152 e. The van der Waals surface area contributed by atoms with Crippen molar-refractivity contribution < 1.29 is 13.6 Å². The predicted octanol–water partition coefficient (Wildman–Crippen LogP) is 5.57. The molecule has 4 heteroatoms. The summed E-state index contributed by atoms with van der Waals surface area (Å²) < 4.78 is 28.7. The Balaban J connectivity index is 2.37. The predicted molar refractivity (Wildman–Crippen MR) is 95.7 cm³/mol. The fraction of sp³-hybridized carbons (Fsp3) is 0.190. The molecule has 1 aromatic heterocycles. The summed E-state index contributed by atoms with van der Waals surface area (Å²) in [5.41, 5.74) is 4.60. The first-order chi connectivity index (χ1) is 11.9. The molecule has 3 aromatic rings. The summed E-state index contributed by atoms with van der Waals surface area (Å²) in [4.78, 5) is 11.9. The number of carbonyl (C=O) groups excluding carboxylic acids is 1. The van der Waals surface area contributed by atoms with Crippen LogP contribution < -0.4 is 0 Å². The van der Waals surface area contributed by atoms with Gasteiger partial charge in [0.25, 0.3) is 0 Å². The first-order valence-electron chi connectivity index (χ1n) is 8.13. The minimum atomic E-state index is -0.334. The first kappa shape index (κ1) is 17.1. The third kappa shape index (κ3) is 3.00. The van der Waals surface area contributed by atoms with Crippen molar-refractivity contribution in [2.45, 2.75) is 19.8 Å². The Morgan fingerprint density at radius 3 is 1.80 bits per heavy atom.